The Bertz CT molecular complexity index is 822. The van der Waals surface area contributed by atoms with Crippen molar-refractivity contribution in [3.05, 3.63) is 42.2 Å². The summed E-state index contributed by atoms with van der Waals surface area (Å²) in [6, 6.07) is 8.94. The maximum atomic E-state index is 12.7. The van der Waals surface area contributed by atoms with Crippen LogP contribution in [0.4, 0.5) is 9.57 Å². The topological polar surface area (TPSA) is 83.0 Å². The van der Waals surface area contributed by atoms with Crippen molar-refractivity contribution in [1.82, 2.24) is 14.2 Å². The Hall–Kier alpha value is -2.45. The second kappa shape index (κ2) is 7.70. The van der Waals surface area contributed by atoms with Crippen molar-refractivity contribution in [2.24, 2.45) is 0 Å². The van der Waals surface area contributed by atoms with Crippen molar-refractivity contribution in [3.63, 3.8) is 0 Å². The van der Waals surface area contributed by atoms with Crippen LogP contribution in [0.5, 0.6) is 0 Å². The molecule has 2 heterocycles. The second-order valence-corrected chi connectivity index (χ2v) is 5.05. The highest BCUT2D eigenvalue weighted by Crippen LogP contribution is 2.27. The zero-order chi connectivity index (χ0) is 16.8. The van der Waals surface area contributed by atoms with Crippen LogP contribution in [-0.2, 0) is 4.74 Å². The third-order valence-electron chi connectivity index (χ3n) is 2.92. The Kier molecular flexibility index (Phi) is 5.67. The van der Waals surface area contributed by atoms with Gasteiger partial charge < -0.3 is 10.5 Å². The van der Waals surface area contributed by atoms with Gasteiger partial charge in [-0.3, -0.25) is 9.78 Å². The summed E-state index contributed by atoms with van der Waals surface area (Å²) in [6.07, 6.45) is 2.08. The van der Waals surface area contributed by atoms with Crippen LogP contribution in [0.15, 0.2) is 36.5 Å². The van der Waals surface area contributed by atoms with E-state index in [4.69, 9.17) is 5.73 Å². The number of benzene rings is 1. The fraction of sp³-hybridized carbons (Fsp3) is 0.133. The van der Waals surface area contributed by atoms with E-state index in [2.05, 4.69) is 14.8 Å². The molecular weight excluding hydrogens is 319 g/mol. The van der Waals surface area contributed by atoms with E-state index in [-0.39, 0.29) is 18.0 Å². The summed E-state index contributed by atoms with van der Waals surface area (Å²) in [7, 11) is 3.25. The number of methoxy groups -OCH3 is 1. The fourth-order valence-electron chi connectivity index (χ4n) is 2.01. The molecule has 1 aromatic carbocycles. The van der Waals surface area contributed by atoms with Gasteiger partial charge in [0, 0.05) is 30.9 Å². The van der Waals surface area contributed by atoms with Gasteiger partial charge in [0.25, 0.3) is 0 Å². The SMILES string of the molecule is COC.Nc1cccc(-c2cc3c(C=O)nn(SF)c3cn2)c1. The van der Waals surface area contributed by atoms with Gasteiger partial charge in [-0.25, -0.2) is 0 Å². The summed E-state index contributed by atoms with van der Waals surface area (Å²) in [6.45, 7) is 0. The van der Waals surface area contributed by atoms with Gasteiger partial charge in [-0.2, -0.15) is 9.19 Å². The minimum absolute atomic E-state index is 0.0747. The fourth-order valence-corrected chi connectivity index (χ4v) is 2.35. The van der Waals surface area contributed by atoms with Crippen LogP contribution in [0.3, 0.4) is 0 Å². The van der Waals surface area contributed by atoms with Crippen molar-refractivity contribution >= 4 is 35.2 Å². The van der Waals surface area contributed by atoms with E-state index >= 15 is 0 Å². The number of nitrogen functional groups attached to an aromatic ring is 1. The first-order valence-electron chi connectivity index (χ1n) is 6.53. The van der Waals surface area contributed by atoms with Crippen molar-refractivity contribution in [2.75, 3.05) is 20.0 Å². The standard InChI is InChI=1S/C13H9FN4OS.C2H6O/c14-20-18-13-6-16-11(5-10(13)12(7-19)17-18)8-2-1-3-9(15)4-8;1-3-2/h1-7H,15H2;1-2H3. The molecule has 0 unspecified atom stereocenters. The number of anilines is 1. The number of nitrogens with two attached hydrogens (primary N) is 1. The van der Waals surface area contributed by atoms with Crippen LogP contribution in [0.25, 0.3) is 22.2 Å². The van der Waals surface area contributed by atoms with Crippen molar-refractivity contribution in [3.8, 4) is 11.3 Å². The Balaban J connectivity index is 0.000000595. The van der Waals surface area contributed by atoms with Crippen LogP contribution >= 0.6 is 12.3 Å². The van der Waals surface area contributed by atoms with Crippen molar-refractivity contribution < 1.29 is 13.4 Å². The molecule has 2 aromatic heterocycles. The number of carbonyl (C=O) groups excluding carboxylic acids is 1. The summed E-state index contributed by atoms with van der Waals surface area (Å²) in [4.78, 5) is 15.3. The monoisotopic (exact) mass is 334 g/mol. The van der Waals surface area contributed by atoms with Gasteiger partial charge in [0.1, 0.15) is 11.2 Å². The van der Waals surface area contributed by atoms with Crippen LogP contribution in [-0.4, -0.2) is 34.7 Å². The molecule has 120 valence electrons. The molecule has 0 amide bonds. The van der Waals surface area contributed by atoms with Gasteiger partial charge >= 0.3 is 0 Å². The number of aldehydes is 1. The molecule has 8 heteroatoms. The maximum Gasteiger partial charge on any atom is 0.188 e. The van der Waals surface area contributed by atoms with Gasteiger partial charge in [0.05, 0.1) is 11.9 Å². The minimum atomic E-state index is -0.0747. The third kappa shape index (κ3) is 3.66. The number of nitrogens with zero attached hydrogens (tertiary/aromatic N) is 3. The normalized spacial score (nSPS) is 10.2. The highest BCUT2D eigenvalue weighted by atomic mass is 32.2. The molecular formula is C15H15FN4O2S. The van der Waals surface area contributed by atoms with Crippen LogP contribution in [0.2, 0.25) is 0 Å². The molecule has 23 heavy (non-hydrogen) atoms. The zero-order valence-electron chi connectivity index (χ0n) is 12.6. The lowest BCUT2D eigenvalue weighted by molar-refractivity contribution is 0.112. The molecule has 0 spiro atoms. The van der Waals surface area contributed by atoms with Gasteiger partial charge in [-0.05, 0) is 18.2 Å². The van der Waals surface area contributed by atoms with Crippen LogP contribution < -0.4 is 5.73 Å². The van der Waals surface area contributed by atoms with E-state index in [9.17, 15) is 8.68 Å². The second-order valence-electron chi connectivity index (χ2n) is 4.57. The van der Waals surface area contributed by atoms with E-state index in [1.807, 2.05) is 12.1 Å². The summed E-state index contributed by atoms with van der Waals surface area (Å²) in [5, 5.41) is 4.40. The van der Waals surface area contributed by atoms with Gasteiger partial charge in [-0.1, -0.05) is 12.1 Å². The average Bonchev–Trinajstić information content (AvgIpc) is 2.92. The molecule has 0 aliphatic rings. The highest BCUT2D eigenvalue weighted by Gasteiger charge is 2.13. The molecule has 0 fully saturated rings. The number of fused-ring (bicyclic) bond motifs is 1. The van der Waals surface area contributed by atoms with Crippen molar-refractivity contribution in [2.45, 2.75) is 0 Å². The first-order valence-corrected chi connectivity index (χ1v) is 7.21. The molecule has 2 N–H and O–H groups in total. The molecule has 0 atom stereocenters. The molecule has 0 saturated heterocycles. The number of rotatable bonds is 3. The molecule has 0 bridgehead atoms. The molecule has 0 radical (unpaired) electrons. The van der Waals surface area contributed by atoms with E-state index in [0.717, 1.165) is 9.65 Å². The molecule has 0 aliphatic carbocycles. The number of pyridine rings is 1. The highest BCUT2D eigenvalue weighted by molar-refractivity contribution is 7.92. The van der Waals surface area contributed by atoms with Crippen LogP contribution in [0, 0.1) is 0 Å². The summed E-state index contributed by atoms with van der Waals surface area (Å²) >= 11 is -0.0747. The molecule has 3 rings (SSSR count). The number of aromatic nitrogens is 3. The van der Waals surface area contributed by atoms with E-state index in [1.165, 1.54) is 6.20 Å². The average molecular weight is 334 g/mol. The number of carbonyl (C=O) groups is 1. The Morgan fingerprint density at radius 3 is 2.70 bits per heavy atom. The number of ether oxygens (including phenoxy) is 1. The lowest BCUT2D eigenvalue weighted by atomic mass is 10.1. The van der Waals surface area contributed by atoms with E-state index in [1.54, 1.807) is 32.4 Å². The zero-order valence-corrected chi connectivity index (χ0v) is 13.4. The van der Waals surface area contributed by atoms with Crippen molar-refractivity contribution in [1.29, 1.82) is 0 Å². The number of hydrogen-bond donors (Lipinski definition) is 1. The minimum Gasteiger partial charge on any atom is -0.399 e. The predicted octanol–water partition coefficient (Wildman–Crippen LogP) is 3.14. The van der Waals surface area contributed by atoms with Gasteiger partial charge in [0.15, 0.2) is 18.6 Å². The Labute approximate surface area is 136 Å². The summed E-state index contributed by atoms with van der Waals surface area (Å²) in [5.41, 5.74) is 8.46. The molecule has 0 aliphatic heterocycles. The van der Waals surface area contributed by atoms with E-state index in [0.29, 0.717) is 28.6 Å². The van der Waals surface area contributed by atoms with Gasteiger partial charge in [-0.15, -0.1) is 3.89 Å². The molecule has 0 saturated carbocycles. The molecule has 3 aromatic rings. The maximum absolute atomic E-state index is 12.7. The quantitative estimate of drug-likeness (QED) is 0.585. The summed E-state index contributed by atoms with van der Waals surface area (Å²) in [5.74, 6) is 0. The Morgan fingerprint density at radius 2 is 2.09 bits per heavy atom. The number of hydrogen-bond acceptors (Lipinski definition) is 6. The lowest BCUT2D eigenvalue weighted by Crippen LogP contribution is -1.89. The Morgan fingerprint density at radius 1 is 1.35 bits per heavy atom. The largest absolute Gasteiger partial charge is 0.399 e. The molecule has 6 nitrogen and oxygen atoms in total. The predicted molar refractivity (Wildman–Crippen MR) is 89.8 cm³/mol. The third-order valence-corrected chi connectivity index (χ3v) is 3.33. The lowest BCUT2D eigenvalue weighted by Gasteiger charge is -2.02. The van der Waals surface area contributed by atoms with Crippen LogP contribution in [0.1, 0.15) is 10.5 Å². The van der Waals surface area contributed by atoms with Gasteiger partial charge in [0.2, 0.25) is 0 Å². The first kappa shape index (κ1) is 16.9. The first-order chi connectivity index (χ1) is 11.1. The smallest absolute Gasteiger partial charge is 0.188 e. The summed E-state index contributed by atoms with van der Waals surface area (Å²) < 4.78 is 18.0. The van der Waals surface area contributed by atoms with E-state index < -0.39 is 0 Å². The number of halogens is 1.